The van der Waals surface area contributed by atoms with Crippen molar-refractivity contribution in [2.45, 2.75) is 32.6 Å². The molecule has 1 unspecified atom stereocenters. The smallest absolute Gasteiger partial charge is 0.232 e. The summed E-state index contributed by atoms with van der Waals surface area (Å²) in [7, 11) is 0. The minimum Gasteiger partial charge on any atom is -0.341 e. The largest absolute Gasteiger partial charge is 0.341 e. The highest BCUT2D eigenvalue weighted by molar-refractivity contribution is 6.30. The maximum atomic E-state index is 12.8. The molecule has 0 saturated carbocycles. The lowest BCUT2D eigenvalue weighted by Gasteiger charge is -2.31. The maximum Gasteiger partial charge on any atom is 0.232 e. The van der Waals surface area contributed by atoms with Crippen LogP contribution < -0.4 is 5.73 Å². The third-order valence-corrected chi connectivity index (χ3v) is 4.69. The monoisotopic (exact) mass is 294 g/mol. The molecule has 0 radical (unpaired) electrons. The van der Waals surface area contributed by atoms with Gasteiger partial charge in [-0.2, -0.15) is 0 Å². The van der Waals surface area contributed by atoms with E-state index in [0.717, 1.165) is 25.1 Å². The number of nitrogens with zero attached hydrogens (tertiary/aromatic N) is 1. The van der Waals surface area contributed by atoms with Crippen LogP contribution in [0.4, 0.5) is 0 Å². The van der Waals surface area contributed by atoms with Crippen LogP contribution in [0.1, 0.15) is 32.8 Å². The maximum absolute atomic E-state index is 12.8. The summed E-state index contributed by atoms with van der Waals surface area (Å²) in [4.78, 5) is 14.8. The number of nitrogens with two attached hydrogens (primary N) is 1. The normalized spacial score (nSPS) is 23.1. The Morgan fingerprint density at radius 1 is 1.40 bits per heavy atom. The van der Waals surface area contributed by atoms with E-state index < -0.39 is 5.41 Å². The fourth-order valence-electron chi connectivity index (χ4n) is 2.75. The minimum absolute atomic E-state index is 0.0612. The average molecular weight is 295 g/mol. The fraction of sp³-hybridized carbons (Fsp3) is 0.562. The van der Waals surface area contributed by atoms with Gasteiger partial charge in [0.25, 0.3) is 0 Å². The van der Waals surface area contributed by atoms with Crippen molar-refractivity contribution in [1.82, 2.24) is 4.90 Å². The number of hydrogen-bond donors (Lipinski definition) is 1. The molecule has 1 fully saturated rings. The quantitative estimate of drug-likeness (QED) is 0.932. The van der Waals surface area contributed by atoms with E-state index in [9.17, 15) is 4.79 Å². The van der Waals surface area contributed by atoms with Gasteiger partial charge in [0.1, 0.15) is 0 Å². The molecule has 0 spiro atoms. The molecule has 0 bridgehead atoms. The summed E-state index contributed by atoms with van der Waals surface area (Å²) in [5.41, 5.74) is 6.33. The van der Waals surface area contributed by atoms with Crippen molar-refractivity contribution < 1.29 is 4.79 Å². The summed E-state index contributed by atoms with van der Waals surface area (Å²) in [6, 6.07) is 7.52. The number of benzene rings is 1. The topological polar surface area (TPSA) is 46.3 Å². The van der Waals surface area contributed by atoms with Gasteiger partial charge < -0.3 is 10.6 Å². The van der Waals surface area contributed by atoms with Gasteiger partial charge in [-0.3, -0.25) is 4.79 Å². The summed E-state index contributed by atoms with van der Waals surface area (Å²) < 4.78 is 0. The Hall–Kier alpha value is -1.06. The molecule has 1 saturated heterocycles. The van der Waals surface area contributed by atoms with Gasteiger partial charge in [0, 0.05) is 18.1 Å². The molecule has 1 aliphatic heterocycles. The average Bonchev–Trinajstić information content (AvgIpc) is 2.82. The molecule has 1 aliphatic rings. The van der Waals surface area contributed by atoms with Gasteiger partial charge in [0.2, 0.25) is 5.91 Å². The lowest BCUT2D eigenvalue weighted by Crippen LogP contribution is -2.43. The van der Waals surface area contributed by atoms with Gasteiger partial charge in [-0.1, -0.05) is 30.7 Å². The highest BCUT2D eigenvalue weighted by Gasteiger charge is 2.40. The third kappa shape index (κ3) is 2.84. The Labute approximate surface area is 126 Å². The summed E-state index contributed by atoms with van der Waals surface area (Å²) in [6.45, 7) is 8.25. The Morgan fingerprint density at radius 3 is 2.50 bits per heavy atom. The molecule has 2 N–H and O–H groups in total. The molecule has 1 amide bonds. The molecule has 1 aromatic carbocycles. The molecular formula is C16H23ClN2O. The van der Waals surface area contributed by atoms with Crippen LogP contribution in [0, 0.1) is 5.41 Å². The van der Waals surface area contributed by atoms with E-state index in [1.807, 2.05) is 43.0 Å². The van der Waals surface area contributed by atoms with Crippen molar-refractivity contribution in [2.24, 2.45) is 11.1 Å². The Morgan fingerprint density at radius 2 is 2.00 bits per heavy atom. The van der Waals surface area contributed by atoms with E-state index in [0.29, 0.717) is 11.6 Å². The van der Waals surface area contributed by atoms with E-state index in [1.165, 1.54) is 0 Å². The highest BCUT2D eigenvalue weighted by atomic mass is 35.5. The van der Waals surface area contributed by atoms with Crippen molar-refractivity contribution >= 4 is 17.5 Å². The first-order valence-electron chi connectivity index (χ1n) is 7.04. The second-order valence-electron chi connectivity index (χ2n) is 6.62. The number of amides is 1. The van der Waals surface area contributed by atoms with Crippen molar-refractivity contribution in [1.29, 1.82) is 0 Å². The molecule has 1 heterocycles. The zero-order valence-corrected chi connectivity index (χ0v) is 13.2. The summed E-state index contributed by atoms with van der Waals surface area (Å²) >= 11 is 5.92. The summed E-state index contributed by atoms with van der Waals surface area (Å²) in [5, 5.41) is 0.689. The molecule has 1 atom stereocenters. The lowest BCUT2D eigenvalue weighted by atomic mass is 9.83. The molecule has 20 heavy (non-hydrogen) atoms. The second-order valence-corrected chi connectivity index (χ2v) is 7.06. The molecule has 110 valence electrons. The van der Waals surface area contributed by atoms with Crippen molar-refractivity contribution in [3.63, 3.8) is 0 Å². The van der Waals surface area contributed by atoms with E-state index in [-0.39, 0.29) is 11.3 Å². The van der Waals surface area contributed by atoms with Gasteiger partial charge in [0.05, 0.1) is 5.41 Å². The summed E-state index contributed by atoms with van der Waals surface area (Å²) in [6.07, 6.45) is 0.978. The number of carbonyl (C=O) groups is 1. The van der Waals surface area contributed by atoms with E-state index in [2.05, 4.69) is 6.92 Å². The second kappa shape index (κ2) is 5.38. The molecule has 3 nitrogen and oxygen atoms in total. The van der Waals surface area contributed by atoms with Gasteiger partial charge in [0.15, 0.2) is 0 Å². The SMILES string of the molecule is CC1(CN)CCN(C(=O)C(C)(C)c2ccc(Cl)cc2)C1. The predicted molar refractivity (Wildman–Crippen MR) is 82.8 cm³/mol. The summed E-state index contributed by atoms with van der Waals surface area (Å²) in [5.74, 6) is 0.164. The van der Waals surface area contributed by atoms with Gasteiger partial charge in [-0.15, -0.1) is 0 Å². The molecule has 1 aromatic rings. The van der Waals surface area contributed by atoms with Crippen LogP contribution in [0.3, 0.4) is 0 Å². The Kier molecular flexibility index (Phi) is 4.12. The first-order chi connectivity index (χ1) is 9.28. The minimum atomic E-state index is -0.537. The number of rotatable bonds is 3. The Bertz CT molecular complexity index is 498. The van der Waals surface area contributed by atoms with E-state index in [1.54, 1.807) is 0 Å². The standard InChI is InChI=1S/C16H23ClN2O/c1-15(2,12-4-6-13(17)7-5-12)14(20)19-9-8-16(3,10-18)11-19/h4-7H,8-11,18H2,1-3H3. The number of carbonyl (C=O) groups excluding carboxylic acids is 1. The number of hydrogen-bond acceptors (Lipinski definition) is 2. The third-order valence-electron chi connectivity index (χ3n) is 4.44. The van der Waals surface area contributed by atoms with Gasteiger partial charge >= 0.3 is 0 Å². The van der Waals surface area contributed by atoms with Crippen LogP contribution in [0.5, 0.6) is 0 Å². The van der Waals surface area contributed by atoms with Crippen molar-refractivity contribution in [3.8, 4) is 0 Å². The number of likely N-dealkylation sites (tertiary alicyclic amines) is 1. The zero-order chi connectivity index (χ0) is 15.0. The van der Waals surface area contributed by atoms with Crippen molar-refractivity contribution in [3.05, 3.63) is 34.9 Å². The van der Waals surface area contributed by atoms with Crippen LogP contribution in [0.25, 0.3) is 0 Å². The fourth-order valence-corrected chi connectivity index (χ4v) is 2.88. The highest BCUT2D eigenvalue weighted by Crippen LogP contribution is 2.33. The molecule has 0 aliphatic carbocycles. The Balaban J connectivity index is 2.18. The van der Waals surface area contributed by atoms with Crippen molar-refractivity contribution in [2.75, 3.05) is 19.6 Å². The van der Waals surface area contributed by atoms with E-state index >= 15 is 0 Å². The van der Waals surface area contributed by atoms with Gasteiger partial charge in [-0.25, -0.2) is 0 Å². The number of halogens is 1. The lowest BCUT2D eigenvalue weighted by molar-refractivity contribution is -0.135. The van der Waals surface area contributed by atoms with Crippen LogP contribution in [0.15, 0.2) is 24.3 Å². The van der Waals surface area contributed by atoms with Gasteiger partial charge in [-0.05, 0) is 49.9 Å². The molecular weight excluding hydrogens is 272 g/mol. The molecule has 4 heteroatoms. The van der Waals surface area contributed by atoms with Crippen LogP contribution in [0.2, 0.25) is 5.02 Å². The van der Waals surface area contributed by atoms with Crippen LogP contribution >= 0.6 is 11.6 Å². The van der Waals surface area contributed by atoms with Crippen LogP contribution in [-0.2, 0) is 10.2 Å². The zero-order valence-electron chi connectivity index (χ0n) is 12.4. The predicted octanol–water partition coefficient (Wildman–Crippen LogP) is 2.81. The van der Waals surface area contributed by atoms with Crippen LogP contribution in [-0.4, -0.2) is 30.4 Å². The molecule has 0 aromatic heterocycles. The first-order valence-corrected chi connectivity index (χ1v) is 7.42. The van der Waals surface area contributed by atoms with E-state index in [4.69, 9.17) is 17.3 Å². The molecule has 2 rings (SSSR count). The first kappa shape index (κ1) is 15.3.